The molecule has 1 saturated heterocycles. The SMILES string of the molecule is CC[C@H](/C=C(C)/C=C/C(=O)c1c(O)c(-c2ccc(O)cc2)cn(O[C@@H]2O[C@H](CO)[C@@H](OC)[C@H](O)[C@H]2O)c1=O)CO. The van der Waals surface area contributed by atoms with Gasteiger partial charge < -0.3 is 45.0 Å². The number of hydrogen-bond acceptors (Lipinski definition) is 11. The molecule has 2 heterocycles. The van der Waals surface area contributed by atoms with E-state index in [2.05, 4.69) is 0 Å². The number of carbonyl (C=O) groups excluding carboxylic acids is 1. The highest BCUT2D eigenvalue weighted by Crippen LogP contribution is 2.32. The second-order valence-electron chi connectivity index (χ2n) is 9.42. The number of phenols is 1. The molecule has 1 aromatic heterocycles. The summed E-state index contributed by atoms with van der Waals surface area (Å²) in [5, 5.41) is 60.7. The Morgan fingerprint density at radius 3 is 2.38 bits per heavy atom. The summed E-state index contributed by atoms with van der Waals surface area (Å²) < 4.78 is 11.2. The van der Waals surface area contributed by atoms with Gasteiger partial charge in [-0.2, -0.15) is 0 Å². The minimum absolute atomic E-state index is 0.0192. The van der Waals surface area contributed by atoms with Crippen LogP contribution in [0.2, 0.25) is 0 Å². The molecule has 2 aromatic rings. The summed E-state index contributed by atoms with van der Waals surface area (Å²) in [6.45, 7) is 2.95. The van der Waals surface area contributed by atoms with Gasteiger partial charge in [-0.25, -0.2) is 0 Å². The van der Waals surface area contributed by atoms with Crippen LogP contribution in [0.3, 0.4) is 0 Å². The highest BCUT2D eigenvalue weighted by atomic mass is 16.8. The van der Waals surface area contributed by atoms with Crippen molar-refractivity contribution >= 4 is 5.78 Å². The average Bonchev–Trinajstić information content (AvgIpc) is 2.94. The standard InChI is InChI=1S/C28H35NO11/c1-4-16(13-30)11-15(2)5-10-20(33)22-23(34)19(17-6-8-18(32)9-7-17)12-29(27(22)37)40-28-25(36)24(35)26(38-3)21(14-31)39-28/h5-12,16,21,24-26,28,30-32,34-36H,4,13-14H2,1-3H3/b10-5+,15-11+/t16-,21-,24-,25-,26-,28+/m1/s1. The molecule has 6 atom stereocenters. The van der Waals surface area contributed by atoms with Crippen LogP contribution in [0.1, 0.15) is 30.6 Å². The fourth-order valence-electron chi connectivity index (χ4n) is 4.30. The lowest BCUT2D eigenvalue weighted by molar-refractivity contribution is -0.304. The maximum absolute atomic E-state index is 13.4. The molecule has 0 radical (unpaired) electrons. The first-order valence-electron chi connectivity index (χ1n) is 12.7. The molecule has 1 aromatic carbocycles. The van der Waals surface area contributed by atoms with Gasteiger partial charge in [0.05, 0.1) is 12.8 Å². The molecule has 40 heavy (non-hydrogen) atoms. The fraction of sp³-hybridized carbons (Fsp3) is 0.429. The van der Waals surface area contributed by atoms with E-state index in [1.165, 1.54) is 37.5 Å². The first-order valence-corrected chi connectivity index (χ1v) is 12.7. The number of allylic oxidation sites excluding steroid dienone is 3. The summed E-state index contributed by atoms with van der Waals surface area (Å²) in [7, 11) is 1.26. The maximum atomic E-state index is 13.4. The summed E-state index contributed by atoms with van der Waals surface area (Å²) in [5.41, 5.74) is -0.793. The van der Waals surface area contributed by atoms with Crippen LogP contribution < -0.4 is 10.4 Å². The van der Waals surface area contributed by atoms with Gasteiger partial charge >= 0.3 is 0 Å². The Balaban J connectivity index is 2.08. The molecule has 12 heteroatoms. The number of hydrogen-bond donors (Lipinski definition) is 6. The third-order valence-electron chi connectivity index (χ3n) is 6.64. The van der Waals surface area contributed by atoms with Gasteiger partial charge in [-0.3, -0.25) is 9.59 Å². The molecule has 3 rings (SSSR count). The second kappa shape index (κ2) is 13.7. The molecule has 6 N–H and O–H groups in total. The van der Waals surface area contributed by atoms with Gasteiger partial charge in [-0.15, -0.1) is 4.73 Å². The minimum atomic E-state index is -1.71. The molecule has 1 fully saturated rings. The summed E-state index contributed by atoms with van der Waals surface area (Å²) in [5.74, 6) is -1.68. The van der Waals surface area contributed by atoms with Crippen molar-refractivity contribution in [2.45, 2.75) is 51.0 Å². The van der Waals surface area contributed by atoms with Crippen molar-refractivity contribution in [1.82, 2.24) is 4.73 Å². The van der Waals surface area contributed by atoms with Crippen LogP contribution >= 0.6 is 0 Å². The predicted molar refractivity (Wildman–Crippen MR) is 143 cm³/mol. The zero-order valence-corrected chi connectivity index (χ0v) is 22.4. The average molecular weight is 562 g/mol. The number of carbonyl (C=O) groups is 1. The van der Waals surface area contributed by atoms with Crippen LogP contribution in [0.25, 0.3) is 11.1 Å². The van der Waals surface area contributed by atoms with Gasteiger partial charge in [0.15, 0.2) is 5.78 Å². The monoisotopic (exact) mass is 561 g/mol. The van der Waals surface area contributed by atoms with E-state index in [1.807, 2.05) is 6.92 Å². The van der Waals surface area contributed by atoms with Crippen LogP contribution in [-0.2, 0) is 9.47 Å². The molecule has 1 aliphatic rings. The first-order chi connectivity index (χ1) is 19.1. The zero-order valence-electron chi connectivity index (χ0n) is 22.4. The Bertz CT molecular complexity index is 1280. The lowest BCUT2D eigenvalue weighted by Crippen LogP contribution is -2.62. The van der Waals surface area contributed by atoms with Gasteiger partial charge in [0.25, 0.3) is 11.8 Å². The summed E-state index contributed by atoms with van der Waals surface area (Å²) in [6.07, 6.45) is -1.05. The Morgan fingerprint density at radius 1 is 1.12 bits per heavy atom. The van der Waals surface area contributed by atoms with E-state index in [0.29, 0.717) is 22.3 Å². The molecule has 12 nitrogen and oxygen atoms in total. The van der Waals surface area contributed by atoms with Gasteiger partial charge in [-0.1, -0.05) is 36.8 Å². The number of aromatic hydroxyl groups is 2. The van der Waals surface area contributed by atoms with E-state index < -0.39 is 60.0 Å². The number of phenolic OH excluding ortho intramolecular Hbond substituents is 1. The molecular weight excluding hydrogens is 526 g/mol. The number of ketones is 1. The first kappa shape index (κ1) is 31.0. The van der Waals surface area contributed by atoms with Crippen molar-refractivity contribution in [2.75, 3.05) is 20.3 Å². The van der Waals surface area contributed by atoms with Crippen molar-refractivity contribution in [1.29, 1.82) is 0 Å². The van der Waals surface area contributed by atoms with E-state index in [4.69, 9.17) is 14.3 Å². The summed E-state index contributed by atoms with van der Waals surface area (Å²) in [6, 6.07) is 5.56. The molecule has 218 valence electrons. The van der Waals surface area contributed by atoms with Crippen LogP contribution in [0.5, 0.6) is 11.5 Å². The molecule has 1 aliphatic heterocycles. The third kappa shape index (κ3) is 6.78. The Kier molecular flexibility index (Phi) is 10.6. The summed E-state index contributed by atoms with van der Waals surface area (Å²) >= 11 is 0. The van der Waals surface area contributed by atoms with Crippen LogP contribution in [0, 0.1) is 5.92 Å². The number of aliphatic hydroxyl groups excluding tert-OH is 4. The van der Waals surface area contributed by atoms with Gasteiger partial charge in [0.1, 0.15) is 41.5 Å². The number of aliphatic hydroxyl groups is 4. The van der Waals surface area contributed by atoms with E-state index in [9.17, 15) is 40.2 Å². The van der Waals surface area contributed by atoms with Crippen molar-refractivity contribution < 1.29 is 49.7 Å². The van der Waals surface area contributed by atoms with E-state index in [1.54, 1.807) is 13.0 Å². The van der Waals surface area contributed by atoms with Crippen LogP contribution in [-0.4, -0.2) is 92.2 Å². The smallest absolute Gasteiger partial charge is 0.298 e. The molecule has 0 saturated carbocycles. The maximum Gasteiger partial charge on any atom is 0.298 e. The Morgan fingerprint density at radius 2 is 1.80 bits per heavy atom. The molecule has 0 aliphatic carbocycles. The molecule has 0 amide bonds. The van der Waals surface area contributed by atoms with Crippen molar-refractivity contribution in [2.24, 2.45) is 5.92 Å². The predicted octanol–water partition coefficient (Wildman–Crippen LogP) is 0.513. The highest BCUT2D eigenvalue weighted by Gasteiger charge is 2.46. The largest absolute Gasteiger partial charge is 0.508 e. The molecule has 0 bridgehead atoms. The topological polar surface area (TPSA) is 188 Å². The fourth-order valence-corrected chi connectivity index (χ4v) is 4.30. The van der Waals surface area contributed by atoms with Gasteiger partial charge in [-0.05, 0) is 37.1 Å². The molecule has 0 unspecified atom stereocenters. The highest BCUT2D eigenvalue weighted by molar-refractivity contribution is 6.07. The zero-order chi connectivity index (χ0) is 29.6. The number of benzene rings is 1. The van der Waals surface area contributed by atoms with E-state index in [-0.39, 0.29) is 23.8 Å². The number of nitrogens with zero attached hydrogens (tertiary/aromatic N) is 1. The lowest BCUT2D eigenvalue weighted by Gasteiger charge is -2.40. The van der Waals surface area contributed by atoms with E-state index >= 15 is 0 Å². The van der Waals surface area contributed by atoms with Crippen molar-refractivity contribution in [3.63, 3.8) is 0 Å². The van der Waals surface area contributed by atoms with Crippen molar-refractivity contribution in [3.8, 4) is 22.6 Å². The number of pyridine rings is 1. The number of ether oxygens (including phenoxy) is 2. The number of aromatic nitrogens is 1. The number of rotatable bonds is 11. The lowest BCUT2D eigenvalue weighted by atomic mass is 9.99. The second-order valence-corrected chi connectivity index (χ2v) is 9.42. The van der Waals surface area contributed by atoms with Crippen LogP contribution in [0.4, 0.5) is 0 Å². The quantitative estimate of drug-likeness (QED) is 0.127. The molecular formula is C28H35NO11. The third-order valence-corrected chi connectivity index (χ3v) is 6.64. The summed E-state index contributed by atoms with van der Waals surface area (Å²) in [4.78, 5) is 32.1. The Hall–Kier alpha value is -3.52. The van der Waals surface area contributed by atoms with Crippen molar-refractivity contribution in [3.05, 3.63) is 70.2 Å². The molecule has 0 spiro atoms. The normalized spacial score (nSPS) is 24.3. The minimum Gasteiger partial charge on any atom is -0.508 e. The van der Waals surface area contributed by atoms with E-state index in [0.717, 1.165) is 12.3 Å². The van der Waals surface area contributed by atoms with Gasteiger partial charge in [0.2, 0.25) is 0 Å². The van der Waals surface area contributed by atoms with Crippen LogP contribution in [0.15, 0.2) is 59.1 Å². The van der Waals surface area contributed by atoms with Gasteiger partial charge in [0, 0.05) is 25.2 Å². The number of methoxy groups -OCH3 is 1. The Labute approximate surface area is 230 Å².